The molecule has 1 aliphatic heterocycles. The zero-order valence-electron chi connectivity index (χ0n) is 12.4. The van der Waals surface area contributed by atoms with E-state index in [1.165, 1.54) is 6.07 Å². The molecule has 0 aliphatic carbocycles. The lowest BCUT2D eigenvalue weighted by Crippen LogP contribution is -2.36. The number of anilines is 1. The molecule has 0 fully saturated rings. The molecule has 0 atom stereocenters. The van der Waals surface area contributed by atoms with Crippen LogP contribution in [0.25, 0.3) is 0 Å². The number of amides is 1. The molecule has 0 aromatic heterocycles. The molecule has 2 aromatic rings. The zero-order valence-corrected chi connectivity index (χ0v) is 13.9. The summed E-state index contributed by atoms with van der Waals surface area (Å²) in [6.07, 6.45) is 1.68. The van der Waals surface area contributed by atoms with E-state index in [0.717, 1.165) is 30.2 Å². The van der Waals surface area contributed by atoms with Crippen LogP contribution in [0.1, 0.15) is 22.3 Å². The second kappa shape index (κ2) is 6.38. The molecule has 0 bridgehead atoms. The molecule has 0 spiro atoms. The second-order valence-corrected chi connectivity index (χ2v) is 6.09. The van der Waals surface area contributed by atoms with E-state index in [1.54, 1.807) is 18.1 Å². The molecule has 2 aromatic carbocycles. The predicted molar refractivity (Wildman–Crippen MR) is 89.4 cm³/mol. The SMILES string of the molecule is COc1cccc2c1N(C(=O)c1cc(F)c(Cl)cc1Cl)CCC2. The Labute approximate surface area is 143 Å². The highest BCUT2D eigenvalue weighted by Gasteiger charge is 2.28. The summed E-state index contributed by atoms with van der Waals surface area (Å²) in [6.45, 7) is 0.521. The number of carbonyl (C=O) groups excluding carboxylic acids is 1. The summed E-state index contributed by atoms with van der Waals surface area (Å²) in [5.74, 6) is -0.422. The fourth-order valence-corrected chi connectivity index (χ4v) is 3.28. The molecular weight excluding hydrogens is 340 g/mol. The molecule has 0 unspecified atom stereocenters. The molecule has 1 heterocycles. The van der Waals surface area contributed by atoms with Crippen molar-refractivity contribution >= 4 is 34.8 Å². The second-order valence-electron chi connectivity index (χ2n) is 5.27. The maximum atomic E-state index is 13.7. The Kier molecular flexibility index (Phi) is 4.46. The van der Waals surface area contributed by atoms with Gasteiger partial charge in [-0.1, -0.05) is 35.3 Å². The van der Waals surface area contributed by atoms with Gasteiger partial charge in [0.25, 0.3) is 5.91 Å². The van der Waals surface area contributed by atoms with Gasteiger partial charge in [0.15, 0.2) is 0 Å². The highest BCUT2D eigenvalue weighted by Crippen LogP contribution is 2.38. The van der Waals surface area contributed by atoms with Gasteiger partial charge in [0.05, 0.1) is 28.4 Å². The largest absolute Gasteiger partial charge is 0.495 e. The van der Waals surface area contributed by atoms with E-state index in [-0.39, 0.29) is 21.5 Å². The van der Waals surface area contributed by atoms with E-state index < -0.39 is 5.82 Å². The number of ether oxygens (including phenoxy) is 1. The molecule has 3 rings (SSSR count). The third-order valence-corrected chi connectivity index (χ3v) is 4.49. The molecule has 0 saturated heterocycles. The molecule has 23 heavy (non-hydrogen) atoms. The Morgan fingerprint density at radius 2 is 2.04 bits per heavy atom. The molecule has 6 heteroatoms. The van der Waals surface area contributed by atoms with Gasteiger partial charge >= 0.3 is 0 Å². The van der Waals surface area contributed by atoms with Gasteiger partial charge in [0, 0.05) is 6.54 Å². The van der Waals surface area contributed by atoms with Crippen LogP contribution in [0.2, 0.25) is 10.0 Å². The lowest BCUT2D eigenvalue weighted by atomic mass is 10.00. The van der Waals surface area contributed by atoms with Crippen LogP contribution < -0.4 is 9.64 Å². The summed E-state index contributed by atoms with van der Waals surface area (Å²) < 4.78 is 19.1. The van der Waals surface area contributed by atoms with Crippen LogP contribution in [-0.4, -0.2) is 19.6 Å². The lowest BCUT2D eigenvalue weighted by Gasteiger charge is -2.31. The third kappa shape index (κ3) is 2.89. The average molecular weight is 354 g/mol. The number of hydrogen-bond acceptors (Lipinski definition) is 2. The van der Waals surface area contributed by atoms with E-state index in [4.69, 9.17) is 27.9 Å². The maximum Gasteiger partial charge on any atom is 0.260 e. The standard InChI is InChI=1S/C17H14Cl2FNO2/c1-23-15-6-2-4-10-5-3-7-21(16(10)15)17(22)11-8-14(20)13(19)9-12(11)18/h2,4,6,8-9H,3,5,7H2,1H3. The molecule has 120 valence electrons. The van der Waals surface area contributed by atoms with Crippen LogP contribution in [0, 0.1) is 5.82 Å². The van der Waals surface area contributed by atoms with Crippen LogP contribution in [0.15, 0.2) is 30.3 Å². The normalized spacial score (nSPS) is 13.7. The molecule has 1 aliphatic rings. The van der Waals surface area contributed by atoms with E-state index in [9.17, 15) is 9.18 Å². The van der Waals surface area contributed by atoms with Gasteiger partial charge in [-0.2, -0.15) is 0 Å². The smallest absolute Gasteiger partial charge is 0.260 e. The Hall–Kier alpha value is -1.78. The van der Waals surface area contributed by atoms with E-state index in [1.807, 2.05) is 12.1 Å². The van der Waals surface area contributed by atoms with Gasteiger partial charge in [-0.15, -0.1) is 0 Å². The van der Waals surface area contributed by atoms with Gasteiger partial charge in [0.1, 0.15) is 11.6 Å². The Bertz CT molecular complexity index is 765. The fourth-order valence-electron chi connectivity index (χ4n) is 2.81. The number of hydrogen-bond donors (Lipinski definition) is 0. The van der Waals surface area contributed by atoms with Crippen LogP contribution in [0.3, 0.4) is 0 Å². The minimum Gasteiger partial charge on any atom is -0.495 e. The molecule has 1 amide bonds. The average Bonchev–Trinajstić information content (AvgIpc) is 2.56. The Morgan fingerprint density at radius 3 is 2.78 bits per heavy atom. The van der Waals surface area contributed by atoms with Crippen molar-refractivity contribution in [3.05, 3.63) is 57.3 Å². The third-order valence-electron chi connectivity index (χ3n) is 3.89. The topological polar surface area (TPSA) is 29.5 Å². The first-order chi connectivity index (χ1) is 11.0. The van der Waals surface area contributed by atoms with Gasteiger partial charge in [-0.3, -0.25) is 4.79 Å². The number of rotatable bonds is 2. The van der Waals surface area contributed by atoms with Crippen molar-refractivity contribution in [2.24, 2.45) is 0 Å². The minimum absolute atomic E-state index is 0.0901. The number of fused-ring (bicyclic) bond motifs is 1. The quantitative estimate of drug-likeness (QED) is 0.730. The van der Waals surface area contributed by atoms with Gasteiger partial charge in [0.2, 0.25) is 0 Å². The van der Waals surface area contributed by atoms with Crippen LogP contribution in [0.5, 0.6) is 5.75 Å². The summed E-state index contributed by atoms with van der Waals surface area (Å²) >= 11 is 11.8. The highest BCUT2D eigenvalue weighted by molar-refractivity contribution is 6.37. The first-order valence-electron chi connectivity index (χ1n) is 7.15. The summed E-state index contributed by atoms with van der Waals surface area (Å²) in [6, 6.07) is 7.98. The van der Waals surface area contributed by atoms with Crippen molar-refractivity contribution in [2.45, 2.75) is 12.8 Å². The van der Waals surface area contributed by atoms with Crippen LogP contribution in [0.4, 0.5) is 10.1 Å². The van der Waals surface area contributed by atoms with Crippen molar-refractivity contribution in [2.75, 3.05) is 18.6 Å². The van der Waals surface area contributed by atoms with E-state index >= 15 is 0 Å². The lowest BCUT2D eigenvalue weighted by molar-refractivity contribution is 0.0984. The van der Waals surface area contributed by atoms with Crippen molar-refractivity contribution in [3.63, 3.8) is 0 Å². The van der Waals surface area contributed by atoms with Crippen molar-refractivity contribution in [3.8, 4) is 5.75 Å². The molecule has 0 saturated carbocycles. The van der Waals surface area contributed by atoms with Gasteiger partial charge in [-0.25, -0.2) is 4.39 Å². The van der Waals surface area contributed by atoms with Crippen molar-refractivity contribution < 1.29 is 13.9 Å². The highest BCUT2D eigenvalue weighted by atomic mass is 35.5. The van der Waals surface area contributed by atoms with Crippen LogP contribution in [-0.2, 0) is 6.42 Å². The molecule has 3 nitrogen and oxygen atoms in total. The molecule has 0 radical (unpaired) electrons. The first-order valence-corrected chi connectivity index (χ1v) is 7.91. The van der Waals surface area contributed by atoms with Crippen LogP contribution >= 0.6 is 23.2 Å². The van der Waals surface area contributed by atoms with Gasteiger partial charge < -0.3 is 9.64 Å². The number of nitrogens with zero attached hydrogens (tertiary/aromatic N) is 1. The molecule has 0 N–H and O–H groups in total. The maximum absolute atomic E-state index is 13.7. The zero-order chi connectivity index (χ0) is 16.6. The summed E-state index contributed by atoms with van der Waals surface area (Å²) in [4.78, 5) is 14.5. The number of carbonyl (C=O) groups is 1. The van der Waals surface area contributed by atoms with Gasteiger partial charge in [-0.05, 0) is 36.6 Å². The molecular formula is C17H14Cl2FNO2. The minimum atomic E-state index is -0.670. The van der Waals surface area contributed by atoms with E-state index in [0.29, 0.717) is 12.3 Å². The van der Waals surface area contributed by atoms with Crippen molar-refractivity contribution in [1.82, 2.24) is 0 Å². The number of benzene rings is 2. The number of para-hydroxylation sites is 1. The fraction of sp³-hybridized carbons (Fsp3) is 0.235. The van der Waals surface area contributed by atoms with Crippen molar-refractivity contribution in [1.29, 1.82) is 0 Å². The first kappa shape index (κ1) is 16.1. The number of aryl methyl sites for hydroxylation is 1. The Balaban J connectivity index is 2.08. The Morgan fingerprint density at radius 1 is 1.26 bits per heavy atom. The predicted octanol–water partition coefficient (Wildman–Crippen LogP) is 4.73. The van der Waals surface area contributed by atoms with E-state index in [2.05, 4.69) is 0 Å². The summed E-state index contributed by atoms with van der Waals surface area (Å²) in [5, 5.41) is 0.0200. The number of halogens is 3. The monoisotopic (exact) mass is 353 g/mol. The number of methoxy groups -OCH3 is 1. The summed E-state index contributed by atoms with van der Waals surface area (Å²) in [7, 11) is 1.56. The summed E-state index contributed by atoms with van der Waals surface area (Å²) in [5.41, 5.74) is 1.83.